The Morgan fingerprint density at radius 3 is 2.77 bits per heavy atom. The number of hydrogen-bond acceptors (Lipinski definition) is 3. The van der Waals surface area contributed by atoms with Crippen molar-refractivity contribution in [2.45, 2.75) is 37.9 Å². The van der Waals surface area contributed by atoms with Crippen molar-refractivity contribution in [1.29, 1.82) is 0 Å². The number of piperidine rings is 2. The monoisotopic (exact) mass is 300 g/mol. The van der Waals surface area contributed by atoms with Crippen LogP contribution in [0.5, 0.6) is 0 Å². The van der Waals surface area contributed by atoms with Crippen LogP contribution in [0.1, 0.15) is 41.6 Å². The first-order chi connectivity index (χ1) is 10.6. The zero-order chi connectivity index (χ0) is 15.5. The van der Waals surface area contributed by atoms with Crippen LogP contribution in [0.2, 0.25) is 0 Å². The maximum Gasteiger partial charge on any atom is 0.335 e. The number of aromatic carboxylic acids is 1. The summed E-state index contributed by atoms with van der Waals surface area (Å²) in [5.74, 6) is -0.0878. The highest BCUT2D eigenvalue weighted by Crippen LogP contribution is 2.31. The number of fused-ring (bicyclic) bond motifs is 1. The minimum atomic E-state index is -0.878. The molecule has 2 fully saturated rings. The number of carboxylic acid groups (broad SMARTS) is 1. The largest absolute Gasteiger partial charge is 0.478 e. The Morgan fingerprint density at radius 1 is 1.27 bits per heavy atom. The molecule has 0 saturated carbocycles. The third-order valence-corrected chi connectivity index (χ3v) is 5.02. The lowest BCUT2D eigenvalue weighted by Crippen LogP contribution is -2.57. The summed E-state index contributed by atoms with van der Waals surface area (Å²) in [7, 11) is 2.21. The Balaban J connectivity index is 1.65. The Labute approximate surface area is 131 Å². The summed E-state index contributed by atoms with van der Waals surface area (Å²) in [6.45, 7) is 1.12. The van der Waals surface area contributed by atoms with Crippen molar-refractivity contribution in [2.75, 3.05) is 13.6 Å². The highest BCUT2D eigenvalue weighted by atomic mass is 16.4. The second-order valence-corrected chi connectivity index (χ2v) is 6.40. The number of likely N-dealkylation sites (tertiary alicyclic amines) is 1. The fourth-order valence-corrected chi connectivity index (χ4v) is 3.70. The van der Waals surface area contributed by atoms with Crippen LogP contribution in [0.15, 0.2) is 30.3 Å². The Hall–Kier alpha value is -1.65. The van der Waals surface area contributed by atoms with Gasteiger partial charge < -0.3 is 10.4 Å². The van der Waals surface area contributed by atoms with E-state index in [1.807, 2.05) is 12.1 Å². The summed E-state index contributed by atoms with van der Waals surface area (Å²) >= 11 is 0. The van der Waals surface area contributed by atoms with Crippen LogP contribution in [0.4, 0.5) is 0 Å². The summed E-state index contributed by atoms with van der Waals surface area (Å²) in [6.07, 6.45) is 9.99. The minimum absolute atomic E-state index is 0.334. The molecule has 2 heterocycles. The maximum atomic E-state index is 10.9. The fourth-order valence-electron chi connectivity index (χ4n) is 3.70. The quantitative estimate of drug-likeness (QED) is 0.901. The second-order valence-electron chi connectivity index (χ2n) is 6.40. The fraction of sp³-hybridized carbons (Fsp3) is 0.500. The van der Waals surface area contributed by atoms with Crippen LogP contribution in [-0.2, 0) is 0 Å². The predicted octanol–water partition coefficient (Wildman–Crippen LogP) is 2.82. The van der Waals surface area contributed by atoms with E-state index < -0.39 is 5.97 Å². The van der Waals surface area contributed by atoms with Crippen molar-refractivity contribution in [3.63, 3.8) is 0 Å². The summed E-state index contributed by atoms with van der Waals surface area (Å²) in [5.41, 5.74) is 1.39. The number of nitrogens with one attached hydrogen (secondary N) is 1. The molecule has 0 aromatic heterocycles. The first-order valence-corrected chi connectivity index (χ1v) is 8.12. The summed E-state index contributed by atoms with van der Waals surface area (Å²) in [4.78, 5) is 13.3. The number of nitrogens with zero attached hydrogens (tertiary/aromatic N) is 1. The average Bonchev–Trinajstić information content (AvgIpc) is 2.55. The van der Waals surface area contributed by atoms with Crippen LogP contribution in [0.25, 0.3) is 6.08 Å². The van der Waals surface area contributed by atoms with Gasteiger partial charge in [0.05, 0.1) is 11.7 Å². The molecule has 3 rings (SSSR count). The van der Waals surface area contributed by atoms with E-state index in [1.165, 1.54) is 25.7 Å². The standard InChI is InChI=1S/C18H24N2O2/c1-20-16(11-9-14-3-2-12-19-17(14)20)10-6-13-4-7-15(8-5-13)18(21)22/h4-8,10,14,16-17,19H,2-3,9,11-12H2,1H3,(H,21,22)/b10-6+. The van der Waals surface area contributed by atoms with Gasteiger partial charge in [-0.3, -0.25) is 4.90 Å². The van der Waals surface area contributed by atoms with Gasteiger partial charge >= 0.3 is 5.97 Å². The lowest BCUT2D eigenvalue weighted by atomic mass is 9.84. The summed E-state index contributed by atoms with van der Waals surface area (Å²) in [6, 6.07) is 7.50. The molecule has 0 radical (unpaired) electrons. The lowest BCUT2D eigenvalue weighted by Gasteiger charge is -2.46. The zero-order valence-electron chi connectivity index (χ0n) is 13.0. The molecule has 0 bridgehead atoms. The van der Waals surface area contributed by atoms with Gasteiger partial charge in [-0.25, -0.2) is 4.79 Å². The van der Waals surface area contributed by atoms with E-state index in [0.29, 0.717) is 17.8 Å². The number of carboxylic acids is 1. The van der Waals surface area contributed by atoms with Crippen molar-refractivity contribution in [2.24, 2.45) is 5.92 Å². The Kier molecular flexibility index (Phi) is 4.60. The number of benzene rings is 1. The predicted molar refractivity (Wildman–Crippen MR) is 87.7 cm³/mol. The van der Waals surface area contributed by atoms with E-state index in [-0.39, 0.29) is 0 Å². The number of carbonyl (C=O) groups is 1. The van der Waals surface area contributed by atoms with E-state index >= 15 is 0 Å². The van der Waals surface area contributed by atoms with E-state index in [4.69, 9.17) is 5.11 Å². The molecule has 118 valence electrons. The number of likely N-dealkylation sites (N-methyl/N-ethyl adjacent to an activating group) is 1. The van der Waals surface area contributed by atoms with Gasteiger partial charge in [0.15, 0.2) is 0 Å². The topological polar surface area (TPSA) is 52.6 Å². The van der Waals surface area contributed by atoms with E-state index in [1.54, 1.807) is 12.1 Å². The van der Waals surface area contributed by atoms with Gasteiger partial charge in [0, 0.05) is 6.04 Å². The van der Waals surface area contributed by atoms with Gasteiger partial charge in [-0.05, 0) is 62.9 Å². The molecular formula is C18H24N2O2. The van der Waals surface area contributed by atoms with Gasteiger partial charge in [-0.2, -0.15) is 0 Å². The van der Waals surface area contributed by atoms with Crippen molar-refractivity contribution in [3.05, 3.63) is 41.5 Å². The third-order valence-electron chi connectivity index (χ3n) is 5.02. The molecule has 2 aliphatic heterocycles. The van der Waals surface area contributed by atoms with Gasteiger partial charge in [0.25, 0.3) is 0 Å². The smallest absolute Gasteiger partial charge is 0.335 e. The van der Waals surface area contributed by atoms with Crippen molar-refractivity contribution >= 4 is 12.0 Å². The van der Waals surface area contributed by atoms with Gasteiger partial charge in [0.2, 0.25) is 0 Å². The third kappa shape index (κ3) is 3.23. The van der Waals surface area contributed by atoms with Crippen LogP contribution in [0.3, 0.4) is 0 Å². The summed E-state index contributed by atoms with van der Waals surface area (Å²) in [5, 5.41) is 12.6. The molecule has 1 aromatic carbocycles. The van der Waals surface area contributed by atoms with Crippen LogP contribution < -0.4 is 5.32 Å². The van der Waals surface area contributed by atoms with Crippen LogP contribution in [-0.4, -0.2) is 41.8 Å². The van der Waals surface area contributed by atoms with E-state index in [2.05, 4.69) is 29.4 Å². The molecule has 3 atom stereocenters. The number of hydrogen-bond donors (Lipinski definition) is 2. The molecule has 22 heavy (non-hydrogen) atoms. The molecular weight excluding hydrogens is 276 g/mol. The SMILES string of the molecule is CN1C(/C=C/c2ccc(C(=O)O)cc2)CCC2CCCNC21. The van der Waals surface area contributed by atoms with Crippen LogP contribution in [0, 0.1) is 5.92 Å². The van der Waals surface area contributed by atoms with E-state index in [9.17, 15) is 4.79 Å². The van der Waals surface area contributed by atoms with Gasteiger partial charge in [-0.1, -0.05) is 24.3 Å². The maximum absolute atomic E-state index is 10.9. The molecule has 0 spiro atoms. The molecule has 1 aromatic rings. The van der Waals surface area contributed by atoms with E-state index in [0.717, 1.165) is 18.0 Å². The van der Waals surface area contributed by atoms with Gasteiger partial charge in [-0.15, -0.1) is 0 Å². The molecule has 2 N–H and O–H groups in total. The lowest BCUT2D eigenvalue weighted by molar-refractivity contribution is 0.0407. The molecule has 4 heteroatoms. The number of rotatable bonds is 3. The molecule has 0 aliphatic carbocycles. The first kappa shape index (κ1) is 15.3. The minimum Gasteiger partial charge on any atom is -0.478 e. The summed E-state index contributed by atoms with van der Waals surface area (Å²) < 4.78 is 0. The molecule has 3 unspecified atom stereocenters. The average molecular weight is 300 g/mol. The zero-order valence-corrected chi connectivity index (χ0v) is 13.0. The Bertz CT molecular complexity index is 553. The highest BCUT2D eigenvalue weighted by Gasteiger charge is 2.34. The highest BCUT2D eigenvalue weighted by molar-refractivity contribution is 5.87. The van der Waals surface area contributed by atoms with Crippen LogP contribution >= 0.6 is 0 Å². The molecule has 0 amide bonds. The second kappa shape index (κ2) is 6.63. The van der Waals surface area contributed by atoms with Crippen molar-refractivity contribution in [1.82, 2.24) is 10.2 Å². The van der Waals surface area contributed by atoms with Crippen molar-refractivity contribution in [3.8, 4) is 0 Å². The molecule has 2 aliphatic rings. The normalized spacial score (nSPS) is 29.4. The van der Waals surface area contributed by atoms with Gasteiger partial charge in [0.1, 0.15) is 0 Å². The Morgan fingerprint density at radius 2 is 2.05 bits per heavy atom. The first-order valence-electron chi connectivity index (χ1n) is 8.12. The molecule has 2 saturated heterocycles. The molecule has 4 nitrogen and oxygen atoms in total. The van der Waals surface area contributed by atoms with Crippen molar-refractivity contribution < 1.29 is 9.90 Å².